The molecular weight excluding hydrogens is 445 g/mol. The van der Waals surface area contributed by atoms with E-state index in [9.17, 15) is 13.2 Å². The molecule has 2 aromatic carbocycles. The summed E-state index contributed by atoms with van der Waals surface area (Å²) >= 11 is 1.73. The highest BCUT2D eigenvalue weighted by Gasteiger charge is 2.33. The van der Waals surface area contributed by atoms with Gasteiger partial charge in [0.2, 0.25) is 0 Å². The Labute approximate surface area is 188 Å². The lowest BCUT2D eigenvalue weighted by Gasteiger charge is -2.35. The fourth-order valence-electron chi connectivity index (χ4n) is 3.27. The first-order valence-electron chi connectivity index (χ1n) is 9.79. The number of piperazine rings is 1. The molecule has 1 aliphatic rings. The summed E-state index contributed by atoms with van der Waals surface area (Å²) in [5, 5.41) is 14.8. The van der Waals surface area contributed by atoms with Crippen molar-refractivity contribution in [2.75, 3.05) is 32.4 Å². The Hall–Kier alpha value is -2.56. The molecule has 32 heavy (non-hydrogen) atoms. The topological polar surface area (TPSA) is 81.1 Å². The van der Waals surface area contributed by atoms with Gasteiger partial charge >= 0.3 is 18.1 Å². The molecule has 6 nitrogen and oxygen atoms in total. The summed E-state index contributed by atoms with van der Waals surface area (Å²) in [5.41, 5.74) is 1.12. The van der Waals surface area contributed by atoms with Gasteiger partial charge in [-0.25, -0.2) is 9.59 Å². The van der Waals surface area contributed by atoms with E-state index in [4.69, 9.17) is 19.8 Å². The van der Waals surface area contributed by atoms with Gasteiger partial charge in [0.25, 0.3) is 0 Å². The molecule has 0 aliphatic carbocycles. The molecule has 10 heteroatoms. The van der Waals surface area contributed by atoms with Gasteiger partial charge in [0, 0.05) is 44.2 Å². The van der Waals surface area contributed by atoms with E-state index in [0.29, 0.717) is 12.1 Å². The number of nitrogens with zero attached hydrogens (tertiary/aromatic N) is 2. The summed E-state index contributed by atoms with van der Waals surface area (Å²) in [7, 11) is 0. The molecule has 0 atom stereocenters. The van der Waals surface area contributed by atoms with Crippen LogP contribution in [0.25, 0.3) is 0 Å². The molecule has 174 valence electrons. The zero-order valence-electron chi connectivity index (χ0n) is 17.5. The van der Waals surface area contributed by atoms with Gasteiger partial charge in [0.15, 0.2) is 0 Å². The van der Waals surface area contributed by atoms with Gasteiger partial charge in [0.1, 0.15) is 0 Å². The first kappa shape index (κ1) is 25.7. The second-order valence-corrected chi connectivity index (χ2v) is 8.05. The zero-order chi connectivity index (χ0) is 23.7. The molecule has 0 bridgehead atoms. The Morgan fingerprint density at radius 3 is 1.84 bits per heavy atom. The van der Waals surface area contributed by atoms with E-state index in [1.165, 1.54) is 22.6 Å². The summed E-state index contributed by atoms with van der Waals surface area (Å²) in [6, 6.07) is 14.4. The second-order valence-electron chi connectivity index (χ2n) is 7.17. The van der Waals surface area contributed by atoms with Crippen LogP contribution in [0.15, 0.2) is 53.4 Å². The van der Waals surface area contributed by atoms with Crippen molar-refractivity contribution in [3.8, 4) is 0 Å². The van der Waals surface area contributed by atoms with Crippen molar-refractivity contribution in [1.82, 2.24) is 9.80 Å². The number of carbonyl (C=O) groups is 2. The van der Waals surface area contributed by atoms with Gasteiger partial charge in [-0.3, -0.25) is 9.80 Å². The van der Waals surface area contributed by atoms with E-state index in [1.807, 2.05) is 0 Å². The zero-order valence-corrected chi connectivity index (χ0v) is 18.3. The molecule has 1 saturated heterocycles. The van der Waals surface area contributed by atoms with Gasteiger partial charge in [0.05, 0.1) is 5.56 Å². The van der Waals surface area contributed by atoms with Crippen molar-refractivity contribution in [1.29, 1.82) is 0 Å². The van der Waals surface area contributed by atoms with Crippen LogP contribution in [-0.4, -0.2) is 64.4 Å². The molecule has 0 saturated carbocycles. The molecule has 1 heterocycles. The standard InChI is InChI=1S/C20H23F3N2S.C2H2O4/c1-26-18-8-6-16(7-9-18)14-24-10-12-25(13-11-24)15-17-4-2-3-5-19(17)20(21,22)23;3-1(4)2(5)6/h2-9H,10-15H2,1H3;(H,3,4)(H,5,6). The van der Waals surface area contributed by atoms with Gasteiger partial charge in [-0.05, 0) is 35.6 Å². The largest absolute Gasteiger partial charge is 0.473 e. The average molecular weight is 471 g/mol. The highest BCUT2D eigenvalue weighted by Crippen LogP contribution is 2.32. The number of aliphatic carboxylic acids is 2. The molecular formula is C22H25F3N2O4S. The summed E-state index contributed by atoms with van der Waals surface area (Å²) in [4.78, 5) is 23.9. The minimum Gasteiger partial charge on any atom is -0.473 e. The monoisotopic (exact) mass is 470 g/mol. The Morgan fingerprint density at radius 1 is 0.875 bits per heavy atom. The number of halogens is 3. The number of carboxylic acid groups (broad SMARTS) is 2. The third-order valence-electron chi connectivity index (χ3n) is 4.93. The maximum Gasteiger partial charge on any atom is 0.416 e. The van der Waals surface area contributed by atoms with Crippen LogP contribution in [0.5, 0.6) is 0 Å². The lowest BCUT2D eigenvalue weighted by atomic mass is 10.1. The van der Waals surface area contributed by atoms with Crippen LogP contribution >= 0.6 is 11.8 Å². The molecule has 0 spiro atoms. The predicted octanol–water partition coefficient (Wildman–Crippen LogP) is 3.90. The number of hydrogen-bond donors (Lipinski definition) is 2. The van der Waals surface area contributed by atoms with Crippen molar-refractivity contribution >= 4 is 23.7 Å². The number of hydrogen-bond acceptors (Lipinski definition) is 5. The van der Waals surface area contributed by atoms with Crippen LogP contribution in [0, 0.1) is 0 Å². The SMILES string of the molecule is CSc1ccc(CN2CCN(Cc3ccccc3C(F)(F)F)CC2)cc1.O=C(O)C(=O)O. The van der Waals surface area contributed by atoms with Crippen LogP contribution in [0.4, 0.5) is 13.2 Å². The summed E-state index contributed by atoms with van der Waals surface area (Å²) in [6.45, 7) is 4.56. The smallest absolute Gasteiger partial charge is 0.416 e. The number of alkyl halides is 3. The predicted molar refractivity (Wildman–Crippen MR) is 115 cm³/mol. The van der Waals surface area contributed by atoms with Crippen LogP contribution < -0.4 is 0 Å². The summed E-state index contributed by atoms with van der Waals surface area (Å²) < 4.78 is 39.4. The van der Waals surface area contributed by atoms with Crippen molar-refractivity contribution in [3.63, 3.8) is 0 Å². The number of carboxylic acids is 2. The van der Waals surface area contributed by atoms with Crippen molar-refractivity contribution in [2.24, 2.45) is 0 Å². The lowest BCUT2D eigenvalue weighted by molar-refractivity contribution is -0.159. The van der Waals surface area contributed by atoms with E-state index in [-0.39, 0.29) is 0 Å². The molecule has 0 unspecified atom stereocenters. The normalized spacial score (nSPS) is 15.0. The molecule has 3 rings (SSSR count). The van der Waals surface area contributed by atoms with E-state index in [2.05, 4.69) is 40.3 Å². The minimum atomic E-state index is -4.29. The first-order valence-corrected chi connectivity index (χ1v) is 11.0. The van der Waals surface area contributed by atoms with E-state index < -0.39 is 23.7 Å². The number of thioether (sulfide) groups is 1. The quantitative estimate of drug-likeness (QED) is 0.507. The van der Waals surface area contributed by atoms with Gasteiger partial charge in [-0.15, -0.1) is 11.8 Å². The van der Waals surface area contributed by atoms with Gasteiger partial charge < -0.3 is 10.2 Å². The average Bonchev–Trinajstić information content (AvgIpc) is 2.76. The van der Waals surface area contributed by atoms with Crippen LogP contribution in [0.1, 0.15) is 16.7 Å². The minimum absolute atomic E-state index is 0.353. The summed E-state index contributed by atoms with van der Waals surface area (Å²) in [5.74, 6) is -3.65. The Kier molecular flexibility index (Phi) is 9.55. The molecule has 0 aromatic heterocycles. The second kappa shape index (κ2) is 11.9. The fraction of sp³-hybridized carbons (Fsp3) is 0.364. The molecule has 2 aromatic rings. The number of rotatable bonds is 5. The highest BCUT2D eigenvalue weighted by molar-refractivity contribution is 7.98. The molecule has 0 radical (unpaired) electrons. The van der Waals surface area contributed by atoms with E-state index in [0.717, 1.165) is 32.7 Å². The van der Waals surface area contributed by atoms with E-state index >= 15 is 0 Å². The Balaban J connectivity index is 0.000000534. The molecule has 1 fully saturated rings. The van der Waals surface area contributed by atoms with Crippen LogP contribution in [0.3, 0.4) is 0 Å². The fourth-order valence-corrected chi connectivity index (χ4v) is 3.68. The van der Waals surface area contributed by atoms with Crippen molar-refractivity contribution < 1.29 is 33.0 Å². The van der Waals surface area contributed by atoms with Crippen molar-refractivity contribution in [3.05, 3.63) is 65.2 Å². The first-order chi connectivity index (χ1) is 15.1. The number of benzene rings is 2. The Bertz CT molecular complexity index is 887. The van der Waals surface area contributed by atoms with Crippen LogP contribution in [0.2, 0.25) is 0 Å². The molecule has 2 N–H and O–H groups in total. The summed E-state index contributed by atoms with van der Waals surface area (Å²) in [6.07, 6.45) is -2.23. The van der Waals surface area contributed by atoms with Crippen molar-refractivity contribution in [2.45, 2.75) is 24.2 Å². The van der Waals surface area contributed by atoms with E-state index in [1.54, 1.807) is 23.9 Å². The molecule has 1 aliphatic heterocycles. The van der Waals surface area contributed by atoms with Gasteiger partial charge in [-0.1, -0.05) is 30.3 Å². The Morgan fingerprint density at radius 2 is 1.38 bits per heavy atom. The lowest BCUT2D eigenvalue weighted by Crippen LogP contribution is -2.45. The third kappa shape index (κ3) is 8.18. The maximum absolute atomic E-state index is 13.1. The third-order valence-corrected chi connectivity index (χ3v) is 5.67. The van der Waals surface area contributed by atoms with Gasteiger partial charge in [-0.2, -0.15) is 13.2 Å². The van der Waals surface area contributed by atoms with Crippen LogP contribution in [-0.2, 0) is 28.9 Å². The molecule has 0 amide bonds. The highest BCUT2D eigenvalue weighted by atomic mass is 32.2. The maximum atomic E-state index is 13.1.